The van der Waals surface area contributed by atoms with E-state index in [4.69, 9.17) is 32.7 Å². The van der Waals surface area contributed by atoms with Gasteiger partial charge in [-0.2, -0.15) is 10.1 Å². The Labute approximate surface area is 210 Å². The first-order chi connectivity index (χ1) is 16.8. The van der Waals surface area contributed by atoms with Crippen LogP contribution >= 0.6 is 23.2 Å². The van der Waals surface area contributed by atoms with Gasteiger partial charge in [-0.1, -0.05) is 41.4 Å². The maximum atomic E-state index is 12.8. The number of ether oxygens (including phenoxy) is 2. The van der Waals surface area contributed by atoms with E-state index in [1.807, 2.05) is 12.2 Å². The van der Waals surface area contributed by atoms with Crippen LogP contribution in [-0.4, -0.2) is 35.1 Å². The molecule has 2 bridgehead atoms. The number of nitro benzene ring substituents is 1. The standard InChI is InChI=1S/C24H19Cl2N3O6/c1-34-19-7-12(10-27-28-23(30)20-13-2-3-14(8-13)21(20)24(28)31)6-18(29(32)33)22(19)35-11-15-4-5-16(25)9-17(15)26/h2-7,9-10,13-14,20-21H,8,11H2,1H3/t13-,14-,20-,21+/m0/s1. The molecule has 2 aliphatic carbocycles. The highest BCUT2D eigenvalue weighted by atomic mass is 35.5. The summed E-state index contributed by atoms with van der Waals surface area (Å²) in [6.07, 6.45) is 6.04. The Balaban J connectivity index is 1.40. The first kappa shape index (κ1) is 23.3. The molecule has 1 aliphatic heterocycles. The number of carbonyl (C=O) groups excluding carboxylic acids is 2. The minimum atomic E-state index is -0.613. The number of allylic oxidation sites excluding steroid dienone is 2. The Kier molecular flexibility index (Phi) is 5.98. The van der Waals surface area contributed by atoms with Gasteiger partial charge in [0.2, 0.25) is 5.75 Å². The molecule has 0 spiro atoms. The monoisotopic (exact) mass is 515 g/mol. The summed E-state index contributed by atoms with van der Waals surface area (Å²) in [5, 5.41) is 17.6. The molecule has 1 saturated carbocycles. The fraction of sp³-hybridized carbons (Fsp3) is 0.292. The number of hydrogen-bond acceptors (Lipinski definition) is 7. The van der Waals surface area contributed by atoms with Crippen molar-refractivity contribution in [1.29, 1.82) is 0 Å². The van der Waals surface area contributed by atoms with Gasteiger partial charge >= 0.3 is 5.69 Å². The maximum absolute atomic E-state index is 12.8. The summed E-state index contributed by atoms with van der Waals surface area (Å²) in [5.74, 6) is -1.32. The number of fused-ring (bicyclic) bond motifs is 5. The SMILES string of the molecule is COc1cc(C=NN2C(=O)[C@@H]3[C@H](C2=O)[C@H]2C=C[C@H]3C2)cc([N+](=O)[O-])c1OCc1ccc(Cl)cc1Cl. The van der Waals surface area contributed by atoms with Gasteiger partial charge in [-0.3, -0.25) is 19.7 Å². The molecule has 2 amide bonds. The van der Waals surface area contributed by atoms with Crippen LogP contribution in [-0.2, 0) is 16.2 Å². The van der Waals surface area contributed by atoms with E-state index in [0.717, 1.165) is 11.4 Å². The van der Waals surface area contributed by atoms with Crippen molar-refractivity contribution in [3.8, 4) is 11.5 Å². The molecular formula is C24H19Cl2N3O6. The molecule has 0 aromatic heterocycles. The van der Waals surface area contributed by atoms with E-state index in [9.17, 15) is 19.7 Å². The van der Waals surface area contributed by atoms with Gasteiger partial charge in [-0.05, 0) is 36.5 Å². The van der Waals surface area contributed by atoms with Crippen molar-refractivity contribution in [2.75, 3.05) is 7.11 Å². The number of nitro groups is 1. The second-order valence-electron chi connectivity index (χ2n) is 8.59. The van der Waals surface area contributed by atoms with Crippen LogP contribution in [0.1, 0.15) is 17.5 Å². The molecule has 0 unspecified atom stereocenters. The van der Waals surface area contributed by atoms with Gasteiger partial charge in [0.25, 0.3) is 11.8 Å². The average Bonchev–Trinajstić information content (AvgIpc) is 3.51. The molecule has 180 valence electrons. The molecule has 2 aromatic rings. The number of amides is 2. The molecule has 9 nitrogen and oxygen atoms in total. The van der Waals surface area contributed by atoms with Crippen molar-refractivity contribution in [3.63, 3.8) is 0 Å². The number of methoxy groups -OCH3 is 1. The van der Waals surface area contributed by atoms with Crippen LogP contribution in [0.25, 0.3) is 0 Å². The Bertz CT molecular complexity index is 1280. The molecule has 2 aromatic carbocycles. The molecular weight excluding hydrogens is 497 g/mol. The molecule has 4 atom stereocenters. The predicted octanol–water partition coefficient (Wildman–Crippen LogP) is 4.63. The van der Waals surface area contributed by atoms with Gasteiger partial charge in [-0.25, -0.2) is 0 Å². The van der Waals surface area contributed by atoms with Crippen molar-refractivity contribution in [2.45, 2.75) is 13.0 Å². The highest BCUT2D eigenvalue weighted by Crippen LogP contribution is 2.52. The maximum Gasteiger partial charge on any atom is 0.315 e. The zero-order valence-corrected chi connectivity index (χ0v) is 19.9. The number of rotatable bonds is 7. The number of hydrazone groups is 1. The number of carbonyl (C=O) groups is 2. The van der Waals surface area contributed by atoms with Crippen LogP contribution in [0.15, 0.2) is 47.6 Å². The Morgan fingerprint density at radius 3 is 2.43 bits per heavy atom. The third-order valence-electron chi connectivity index (χ3n) is 6.63. The molecule has 35 heavy (non-hydrogen) atoms. The topological polar surface area (TPSA) is 111 Å². The second-order valence-corrected chi connectivity index (χ2v) is 9.43. The normalized spacial score (nSPS) is 24.5. The first-order valence-electron chi connectivity index (χ1n) is 10.8. The highest BCUT2D eigenvalue weighted by Gasteiger charge is 2.59. The van der Waals surface area contributed by atoms with E-state index < -0.39 is 4.92 Å². The molecule has 2 fully saturated rings. The summed E-state index contributed by atoms with van der Waals surface area (Å²) < 4.78 is 11.0. The highest BCUT2D eigenvalue weighted by molar-refractivity contribution is 6.35. The lowest BCUT2D eigenvalue weighted by molar-refractivity contribution is -0.386. The van der Waals surface area contributed by atoms with E-state index in [0.29, 0.717) is 15.6 Å². The van der Waals surface area contributed by atoms with Crippen LogP contribution < -0.4 is 9.47 Å². The Morgan fingerprint density at radius 1 is 1.14 bits per heavy atom. The van der Waals surface area contributed by atoms with Crippen LogP contribution in [0.5, 0.6) is 11.5 Å². The molecule has 1 heterocycles. The summed E-state index contributed by atoms with van der Waals surface area (Å²) >= 11 is 12.1. The Morgan fingerprint density at radius 2 is 1.83 bits per heavy atom. The van der Waals surface area contributed by atoms with Crippen molar-refractivity contribution >= 4 is 46.9 Å². The minimum absolute atomic E-state index is 0.0590. The lowest BCUT2D eigenvalue weighted by Crippen LogP contribution is -2.28. The van der Waals surface area contributed by atoms with Crippen LogP contribution in [0, 0.1) is 33.8 Å². The predicted molar refractivity (Wildman–Crippen MR) is 128 cm³/mol. The number of hydrogen-bond donors (Lipinski definition) is 0. The summed E-state index contributed by atoms with van der Waals surface area (Å²) in [6, 6.07) is 7.55. The van der Waals surface area contributed by atoms with Crippen molar-refractivity contribution < 1.29 is 24.0 Å². The van der Waals surface area contributed by atoms with Crippen molar-refractivity contribution in [1.82, 2.24) is 5.01 Å². The Hall–Kier alpha value is -3.43. The van der Waals surface area contributed by atoms with Gasteiger partial charge in [0, 0.05) is 27.2 Å². The third-order valence-corrected chi connectivity index (χ3v) is 7.22. The van der Waals surface area contributed by atoms with E-state index in [-0.39, 0.29) is 64.8 Å². The summed E-state index contributed by atoms with van der Waals surface area (Å²) in [5.41, 5.74) is 0.483. The summed E-state index contributed by atoms with van der Waals surface area (Å²) in [7, 11) is 1.35. The lowest BCUT2D eigenvalue weighted by atomic mass is 9.85. The molecule has 11 heteroatoms. The average molecular weight is 516 g/mol. The smallest absolute Gasteiger partial charge is 0.315 e. The van der Waals surface area contributed by atoms with Gasteiger partial charge in [0.1, 0.15) is 6.61 Å². The fourth-order valence-corrected chi connectivity index (χ4v) is 5.49. The number of benzene rings is 2. The van der Waals surface area contributed by atoms with Crippen molar-refractivity contribution in [3.05, 3.63) is 73.8 Å². The number of halogens is 2. The fourth-order valence-electron chi connectivity index (χ4n) is 5.03. The van der Waals surface area contributed by atoms with Crippen LogP contribution in [0.4, 0.5) is 5.69 Å². The zero-order chi connectivity index (χ0) is 24.9. The third kappa shape index (κ3) is 4.04. The molecule has 0 N–H and O–H groups in total. The summed E-state index contributed by atoms with van der Waals surface area (Å²) in [6.45, 7) is -0.0590. The number of nitrogens with zero attached hydrogens (tertiary/aromatic N) is 3. The number of imide groups is 1. The van der Waals surface area contributed by atoms with E-state index >= 15 is 0 Å². The molecule has 5 rings (SSSR count). The molecule has 3 aliphatic rings. The van der Waals surface area contributed by atoms with Gasteiger partial charge < -0.3 is 9.47 Å². The summed E-state index contributed by atoms with van der Waals surface area (Å²) in [4.78, 5) is 36.8. The van der Waals surface area contributed by atoms with E-state index in [1.165, 1.54) is 25.5 Å². The van der Waals surface area contributed by atoms with Gasteiger partial charge in [0.05, 0.1) is 30.1 Å². The molecule has 1 saturated heterocycles. The van der Waals surface area contributed by atoms with Crippen LogP contribution in [0.3, 0.4) is 0 Å². The van der Waals surface area contributed by atoms with Gasteiger partial charge in [-0.15, -0.1) is 0 Å². The van der Waals surface area contributed by atoms with Crippen LogP contribution in [0.2, 0.25) is 10.0 Å². The van der Waals surface area contributed by atoms with Crippen molar-refractivity contribution in [2.24, 2.45) is 28.8 Å². The quantitative estimate of drug-likeness (QED) is 0.175. The van der Waals surface area contributed by atoms with E-state index in [2.05, 4.69) is 5.10 Å². The van der Waals surface area contributed by atoms with Gasteiger partial charge in [0.15, 0.2) is 5.75 Å². The zero-order valence-electron chi connectivity index (χ0n) is 18.4. The first-order valence-corrected chi connectivity index (χ1v) is 11.6. The minimum Gasteiger partial charge on any atom is -0.493 e. The lowest BCUT2D eigenvalue weighted by Gasteiger charge is -2.13. The second kappa shape index (κ2) is 8.98. The van der Waals surface area contributed by atoms with E-state index in [1.54, 1.807) is 18.2 Å². The molecule has 0 radical (unpaired) electrons. The largest absolute Gasteiger partial charge is 0.493 e.